The summed E-state index contributed by atoms with van der Waals surface area (Å²) >= 11 is 0. The normalized spacial score (nSPS) is 19.7. The van der Waals surface area contributed by atoms with Crippen molar-refractivity contribution in [2.24, 2.45) is 0 Å². The van der Waals surface area contributed by atoms with Gasteiger partial charge >= 0.3 is 0 Å². The number of unbranched alkanes of at least 4 members (excludes halogenated alkanes) is 1. The number of hydrogen-bond acceptors (Lipinski definition) is 0. The van der Waals surface area contributed by atoms with Gasteiger partial charge in [-0.2, -0.15) is 0 Å². The molecule has 0 nitrogen and oxygen atoms in total. The van der Waals surface area contributed by atoms with Gasteiger partial charge in [-0.25, -0.2) is 0 Å². The molecule has 14 heavy (non-hydrogen) atoms. The summed E-state index contributed by atoms with van der Waals surface area (Å²) in [6.07, 6.45) is 11.5. The maximum absolute atomic E-state index is 3.11. The Kier molecular flexibility index (Phi) is 9.67. The van der Waals surface area contributed by atoms with E-state index in [9.17, 15) is 0 Å². The molecular weight excluding hydrogens is 206 g/mol. The minimum atomic E-state index is 0.647. The predicted octanol–water partition coefficient (Wildman–Crippen LogP) is 4.68. The van der Waals surface area contributed by atoms with Crippen LogP contribution in [-0.2, 0) is 0 Å². The summed E-state index contributed by atoms with van der Waals surface area (Å²) in [5.74, 6) is 0. The summed E-state index contributed by atoms with van der Waals surface area (Å²) in [7, 11) is 4.20. The van der Waals surface area contributed by atoms with Gasteiger partial charge in [-0.05, 0) is 37.7 Å². The van der Waals surface area contributed by atoms with Crippen molar-refractivity contribution in [3.8, 4) is 0 Å². The molecule has 0 radical (unpaired) electrons. The van der Waals surface area contributed by atoms with Gasteiger partial charge in [0.25, 0.3) is 0 Å². The zero-order valence-corrected chi connectivity index (χ0v) is 12.4. The Hall–Kier alpha value is 0.860. The highest BCUT2D eigenvalue weighted by Crippen LogP contribution is 2.39. The van der Waals surface area contributed by atoms with Gasteiger partial charge < -0.3 is 0 Å². The third-order valence-electron chi connectivity index (χ3n) is 2.88. The third kappa shape index (κ3) is 7.19. The zero-order chi connectivity index (χ0) is 10.9. The molecule has 0 aromatic heterocycles. The molecule has 1 aliphatic rings. The summed E-state index contributed by atoms with van der Waals surface area (Å²) in [6.45, 7) is 6.59. The van der Waals surface area contributed by atoms with Crippen molar-refractivity contribution in [2.75, 3.05) is 13.3 Å². The van der Waals surface area contributed by atoms with Crippen LogP contribution in [0.4, 0.5) is 0 Å². The van der Waals surface area contributed by atoms with Crippen LogP contribution in [0, 0.1) is 0 Å². The van der Waals surface area contributed by atoms with Gasteiger partial charge in [-0.1, -0.05) is 39.0 Å². The van der Waals surface area contributed by atoms with Gasteiger partial charge in [0.2, 0.25) is 0 Å². The molecule has 1 aliphatic carbocycles. The smallest absolute Gasteiger partial charge is 0.0150 e. The summed E-state index contributed by atoms with van der Waals surface area (Å²) in [6, 6.07) is 0. The van der Waals surface area contributed by atoms with E-state index in [0.29, 0.717) is 5.16 Å². The zero-order valence-electron chi connectivity index (χ0n) is 10.2. The van der Waals surface area contributed by atoms with E-state index in [1.807, 2.05) is 0 Å². The molecule has 0 aromatic rings. The largest absolute Gasteiger partial charge is 0.131 e. The molecule has 1 rings (SSSR count). The standard InChI is InChI=1S/C10H21P.C2H7P/c1-2-3-7-10(11)8-5-4-6-9-10;1-3-2/h2-9,11H2,1H3;3H,1-2H3. The predicted molar refractivity (Wildman–Crippen MR) is 75.2 cm³/mol. The fourth-order valence-corrected chi connectivity index (χ4v) is 2.65. The SMILES string of the molecule is CCCCC1(P)CCCCC1.CPC. The Balaban J connectivity index is 0.000000500. The van der Waals surface area contributed by atoms with Crippen LogP contribution in [0.5, 0.6) is 0 Å². The van der Waals surface area contributed by atoms with Gasteiger partial charge in [-0.15, -0.1) is 17.8 Å². The minimum absolute atomic E-state index is 0.647. The van der Waals surface area contributed by atoms with Crippen molar-refractivity contribution in [2.45, 2.75) is 63.4 Å². The summed E-state index contributed by atoms with van der Waals surface area (Å²) in [5, 5.41) is 0.647. The van der Waals surface area contributed by atoms with Crippen molar-refractivity contribution in [3.63, 3.8) is 0 Å². The van der Waals surface area contributed by atoms with Crippen LogP contribution in [0.2, 0.25) is 0 Å². The van der Waals surface area contributed by atoms with Crippen molar-refractivity contribution in [1.29, 1.82) is 0 Å². The second kappa shape index (κ2) is 9.11. The lowest BCUT2D eigenvalue weighted by atomic mass is 9.85. The van der Waals surface area contributed by atoms with E-state index < -0.39 is 0 Å². The first-order valence-electron chi connectivity index (χ1n) is 6.06. The topological polar surface area (TPSA) is 0 Å². The van der Waals surface area contributed by atoms with Crippen LogP contribution >= 0.6 is 17.8 Å². The van der Waals surface area contributed by atoms with Crippen molar-refractivity contribution in [1.82, 2.24) is 0 Å². The van der Waals surface area contributed by atoms with E-state index in [2.05, 4.69) is 29.5 Å². The maximum Gasteiger partial charge on any atom is -0.0150 e. The molecule has 0 N–H and O–H groups in total. The average Bonchev–Trinajstić information content (AvgIpc) is 2.17. The molecule has 0 aromatic carbocycles. The summed E-state index contributed by atoms with van der Waals surface area (Å²) in [4.78, 5) is 0. The second-order valence-corrected chi connectivity index (χ2v) is 6.75. The van der Waals surface area contributed by atoms with Gasteiger partial charge in [0.15, 0.2) is 0 Å². The van der Waals surface area contributed by atoms with Gasteiger partial charge in [0.05, 0.1) is 0 Å². The molecule has 0 amide bonds. The second-order valence-electron chi connectivity index (χ2n) is 4.53. The van der Waals surface area contributed by atoms with E-state index in [1.165, 1.54) is 51.4 Å². The Morgan fingerprint density at radius 2 is 1.64 bits per heavy atom. The fourth-order valence-electron chi connectivity index (χ4n) is 2.03. The van der Waals surface area contributed by atoms with Crippen molar-refractivity contribution < 1.29 is 0 Å². The molecule has 0 bridgehead atoms. The molecule has 2 heteroatoms. The molecule has 0 heterocycles. The van der Waals surface area contributed by atoms with E-state index >= 15 is 0 Å². The lowest BCUT2D eigenvalue weighted by molar-refractivity contribution is 0.369. The lowest BCUT2D eigenvalue weighted by Gasteiger charge is -2.33. The molecule has 1 saturated carbocycles. The van der Waals surface area contributed by atoms with Crippen LogP contribution in [-0.4, -0.2) is 18.5 Å². The first-order valence-corrected chi connectivity index (χ1v) is 8.63. The van der Waals surface area contributed by atoms with E-state index in [0.717, 1.165) is 8.58 Å². The van der Waals surface area contributed by atoms with Gasteiger partial charge in [-0.3, -0.25) is 0 Å². The third-order valence-corrected chi connectivity index (χ3v) is 3.74. The highest BCUT2D eigenvalue weighted by molar-refractivity contribution is 7.35. The van der Waals surface area contributed by atoms with Crippen molar-refractivity contribution in [3.05, 3.63) is 0 Å². The maximum atomic E-state index is 3.11. The number of hydrogen-bond donors (Lipinski definition) is 0. The molecule has 0 spiro atoms. The Labute approximate surface area is 95.0 Å². The van der Waals surface area contributed by atoms with Gasteiger partial charge in [0, 0.05) is 0 Å². The summed E-state index contributed by atoms with van der Waals surface area (Å²) < 4.78 is 0. The highest BCUT2D eigenvalue weighted by atomic mass is 31.1. The van der Waals surface area contributed by atoms with Crippen LogP contribution in [0.15, 0.2) is 0 Å². The molecule has 86 valence electrons. The Morgan fingerprint density at radius 3 is 2.07 bits per heavy atom. The average molecular weight is 234 g/mol. The highest BCUT2D eigenvalue weighted by Gasteiger charge is 2.25. The van der Waals surface area contributed by atoms with E-state index in [-0.39, 0.29) is 0 Å². The molecule has 1 fully saturated rings. The Morgan fingerprint density at radius 1 is 1.14 bits per heavy atom. The molecule has 0 saturated heterocycles. The first-order chi connectivity index (χ1) is 6.68. The van der Waals surface area contributed by atoms with Crippen LogP contribution in [0.25, 0.3) is 0 Å². The number of rotatable bonds is 3. The van der Waals surface area contributed by atoms with Crippen LogP contribution < -0.4 is 0 Å². The summed E-state index contributed by atoms with van der Waals surface area (Å²) in [5.41, 5.74) is 0. The van der Waals surface area contributed by atoms with Crippen LogP contribution in [0.3, 0.4) is 0 Å². The van der Waals surface area contributed by atoms with E-state index in [4.69, 9.17) is 0 Å². The van der Waals surface area contributed by atoms with E-state index in [1.54, 1.807) is 0 Å². The Bertz CT molecular complexity index is 117. The molecular formula is C12H28P2. The molecule has 1 atom stereocenters. The fraction of sp³-hybridized carbons (Fsp3) is 1.00. The van der Waals surface area contributed by atoms with Crippen molar-refractivity contribution >= 4 is 17.8 Å². The quantitative estimate of drug-likeness (QED) is 0.622. The van der Waals surface area contributed by atoms with Gasteiger partial charge in [0.1, 0.15) is 0 Å². The van der Waals surface area contributed by atoms with Crippen LogP contribution in [0.1, 0.15) is 58.3 Å². The monoisotopic (exact) mass is 234 g/mol. The molecule has 1 unspecified atom stereocenters. The minimum Gasteiger partial charge on any atom is -0.131 e. The first kappa shape index (κ1) is 14.9. The lowest BCUT2D eigenvalue weighted by Crippen LogP contribution is -2.23. The molecule has 0 aliphatic heterocycles.